The van der Waals surface area contributed by atoms with Gasteiger partial charge in [-0.05, 0) is 91.6 Å². The zero-order valence-electron chi connectivity index (χ0n) is 27.7. The Morgan fingerprint density at radius 1 is 1.04 bits per heavy atom. The fraction of sp³-hybridized carbons (Fsp3) is 0.417. The van der Waals surface area contributed by atoms with Crippen LogP contribution in [0.15, 0.2) is 40.9 Å². The van der Waals surface area contributed by atoms with Gasteiger partial charge in [-0.15, -0.1) is 0 Å². The first-order valence-corrected chi connectivity index (χ1v) is 18.0. The van der Waals surface area contributed by atoms with Crippen LogP contribution in [-0.4, -0.2) is 62.1 Å². The van der Waals surface area contributed by atoms with E-state index in [9.17, 15) is 18.0 Å². The third kappa shape index (κ3) is 5.70. The van der Waals surface area contributed by atoms with Crippen molar-refractivity contribution >= 4 is 44.6 Å². The summed E-state index contributed by atoms with van der Waals surface area (Å²) in [4.78, 5) is 26.6. The van der Waals surface area contributed by atoms with Crippen LogP contribution in [0.2, 0.25) is 0 Å². The predicted octanol–water partition coefficient (Wildman–Crippen LogP) is 6.50. The standard InChI is InChI=1S/C36H40N4O7S/c1-5-46-36(42)32-31(34(47-37-32)22-11-12-22)25-17-24-18-26(45-4)14-16-27(24)33-30(21-9-7-6-8-10-21)28-15-13-23(19-29(28)40(33)20-25)35(41)38-48(43,44)39(2)3/h13-19,21-22H,5-12,20H2,1-4H3,(H,38,41). The van der Waals surface area contributed by atoms with Gasteiger partial charge in [-0.2, -0.15) is 12.7 Å². The van der Waals surface area contributed by atoms with E-state index >= 15 is 0 Å². The topological polar surface area (TPSA) is 133 Å². The van der Waals surface area contributed by atoms with E-state index in [1.165, 1.54) is 26.1 Å². The molecule has 2 aromatic heterocycles. The molecule has 1 N–H and O–H groups in total. The number of rotatable bonds is 9. The lowest BCUT2D eigenvalue weighted by molar-refractivity contribution is 0.0514. The molecule has 2 saturated carbocycles. The number of esters is 1. The highest BCUT2D eigenvalue weighted by Crippen LogP contribution is 2.50. The van der Waals surface area contributed by atoms with Crippen LogP contribution in [0.3, 0.4) is 0 Å². The van der Waals surface area contributed by atoms with Gasteiger partial charge in [0.15, 0.2) is 5.69 Å². The molecular formula is C36H40N4O7S. The maximum atomic E-state index is 13.4. The van der Waals surface area contributed by atoms with E-state index in [0.29, 0.717) is 29.5 Å². The molecule has 11 nitrogen and oxygen atoms in total. The van der Waals surface area contributed by atoms with E-state index in [1.807, 2.05) is 18.2 Å². The number of benzene rings is 2. The minimum atomic E-state index is -4.00. The average molecular weight is 673 g/mol. The number of ether oxygens (including phenoxy) is 2. The molecule has 48 heavy (non-hydrogen) atoms. The van der Waals surface area contributed by atoms with Gasteiger partial charge in [0, 0.05) is 48.6 Å². The zero-order valence-corrected chi connectivity index (χ0v) is 28.5. The van der Waals surface area contributed by atoms with Crippen LogP contribution in [0.1, 0.15) is 107 Å². The molecule has 252 valence electrons. The first-order valence-electron chi connectivity index (χ1n) is 16.6. The molecule has 3 aliphatic rings. The van der Waals surface area contributed by atoms with Crippen LogP contribution in [0.5, 0.6) is 5.75 Å². The van der Waals surface area contributed by atoms with Gasteiger partial charge in [-0.1, -0.05) is 30.5 Å². The number of fused-ring (bicyclic) bond motifs is 5. The van der Waals surface area contributed by atoms with Crippen LogP contribution >= 0.6 is 0 Å². The fourth-order valence-corrected chi connectivity index (χ4v) is 7.71. The molecule has 2 aliphatic carbocycles. The van der Waals surface area contributed by atoms with Crippen LogP contribution in [0, 0.1) is 0 Å². The van der Waals surface area contributed by atoms with Crippen LogP contribution < -0.4 is 9.46 Å². The minimum Gasteiger partial charge on any atom is -0.497 e. The summed E-state index contributed by atoms with van der Waals surface area (Å²) in [5.74, 6) is 0.589. The van der Waals surface area contributed by atoms with Crippen molar-refractivity contribution in [3.63, 3.8) is 0 Å². The Kier molecular flexibility index (Phi) is 8.41. The molecule has 2 fully saturated rings. The Bertz CT molecular complexity index is 2060. The van der Waals surface area contributed by atoms with Gasteiger partial charge in [0.1, 0.15) is 11.5 Å². The predicted molar refractivity (Wildman–Crippen MR) is 182 cm³/mol. The molecule has 0 bridgehead atoms. The number of aromatic nitrogens is 2. The summed E-state index contributed by atoms with van der Waals surface area (Å²) in [6.07, 6.45) is 9.53. The molecule has 0 saturated heterocycles. The lowest BCUT2D eigenvalue weighted by atomic mass is 9.81. The molecular weight excluding hydrogens is 632 g/mol. The number of methoxy groups -OCH3 is 1. The lowest BCUT2D eigenvalue weighted by Gasteiger charge is -2.24. The van der Waals surface area contributed by atoms with Crippen LogP contribution in [0.25, 0.3) is 33.8 Å². The lowest BCUT2D eigenvalue weighted by Crippen LogP contribution is -2.39. The first-order chi connectivity index (χ1) is 23.1. The minimum absolute atomic E-state index is 0.149. The number of nitrogens with zero attached hydrogens (tertiary/aromatic N) is 3. The number of amides is 1. The molecule has 12 heteroatoms. The third-order valence-electron chi connectivity index (χ3n) is 9.71. The SMILES string of the molecule is CCOC(=O)c1noc(C2CC2)c1C1=Cc2cc(OC)ccc2-c2c(C3CCCCC3)c3ccc(C(=O)NS(=O)(=O)N(C)C)cc3n2C1. The number of nitrogens with one attached hydrogen (secondary N) is 1. The number of hydrogen-bond acceptors (Lipinski definition) is 8. The molecule has 4 aromatic rings. The molecule has 0 spiro atoms. The first kappa shape index (κ1) is 32.1. The van der Waals surface area contributed by atoms with Gasteiger partial charge < -0.3 is 18.6 Å². The highest BCUT2D eigenvalue weighted by Gasteiger charge is 2.37. The van der Waals surface area contributed by atoms with Crippen molar-refractivity contribution in [1.82, 2.24) is 18.8 Å². The number of hydrogen-bond donors (Lipinski definition) is 1. The van der Waals surface area contributed by atoms with Crippen LogP contribution in [0.4, 0.5) is 0 Å². The Balaban J connectivity index is 1.49. The van der Waals surface area contributed by atoms with Gasteiger partial charge in [0.05, 0.1) is 25.0 Å². The van der Waals surface area contributed by atoms with Crippen LogP contribution in [-0.2, 0) is 21.5 Å². The number of carbonyl (C=O) groups excluding carboxylic acids is 2. The van der Waals surface area contributed by atoms with Crippen molar-refractivity contribution in [2.75, 3.05) is 27.8 Å². The highest BCUT2D eigenvalue weighted by molar-refractivity contribution is 7.87. The fourth-order valence-electron chi connectivity index (χ4n) is 7.18. The summed E-state index contributed by atoms with van der Waals surface area (Å²) >= 11 is 0. The van der Waals surface area contributed by atoms with E-state index in [2.05, 4.69) is 26.6 Å². The number of carbonyl (C=O) groups is 2. The molecule has 1 amide bonds. The molecule has 7 rings (SSSR count). The second kappa shape index (κ2) is 12.6. The molecule has 0 atom stereocenters. The van der Waals surface area contributed by atoms with Crippen molar-refractivity contribution in [3.05, 3.63) is 70.1 Å². The van der Waals surface area contributed by atoms with E-state index < -0.39 is 22.1 Å². The smallest absolute Gasteiger partial charge is 0.361 e. The zero-order chi connectivity index (χ0) is 33.7. The van der Waals surface area contributed by atoms with E-state index in [1.54, 1.807) is 26.2 Å². The molecule has 0 unspecified atom stereocenters. The summed E-state index contributed by atoms with van der Waals surface area (Å²) in [6.45, 7) is 2.31. The number of allylic oxidation sites excluding steroid dienone is 1. The van der Waals surface area contributed by atoms with Crippen molar-refractivity contribution < 1.29 is 32.0 Å². The van der Waals surface area contributed by atoms with Crippen molar-refractivity contribution in [3.8, 4) is 17.0 Å². The normalized spacial score (nSPS) is 16.6. The second-order valence-corrected chi connectivity index (χ2v) is 14.9. The summed E-state index contributed by atoms with van der Waals surface area (Å²) < 4.78 is 47.4. The second-order valence-electron chi connectivity index (χ2n) is 13.0. The van der Waals surface area contributed by atoms with Gasteiger partial charge in [0.25, 0.3) is 5.91 Å². The third-order valence-corrected chi connectivity index (χ3v) is 11.1. The van der Waals surface area contributed by atoms with Gasteiger partial charge in [-0.25, -0.2) is 9.52 Å². The Hall–Kier alpha value is -4.42. The van der Waals surface area contributed by atoms with Gasteiger partial charge >= 0.3 is 16.2 Å². The summed E-state index contributed by atoms with van der Waals surface area (Å²) in [6, 6.07) is 11.5. The van der Waals surface area contributed by atoms with Gasteiger partial charge in [0.2, 0.25) is 0 Å². The largest absolute Gasteiger partial charge is 0.497 e. The van der Waals surface area contributed by atoms with E-state index in [0.717, 1.165) is 76.1 Å². The molecule has 3 heterocycles. The Labute approximate surface area is 280 Å². The highest BCUT2D eigenvalue weighted by atomic mass is 32.2. The monoisotopic (exact) mass is 672 g/mol. The summed E-state index contributed by atoms with van der Waals surface area (Å²) in [5, 5.41) is 5.25. The molecule has 2 aromatic carbocycles. The van der Waals surface area contributed by atoms with Crippen molar-refractivity contribution in [2.24, 2.45) is 0 Å². The van der Waals surface area contributed by atoms with Crippen molar-refractivity contribution in [2.45, 2.75) is 70.3 Å². The van der Waals surface area contributed by atoms with E-state index in [4.69, 9.17) is 14.0 Å². The summed E-state index contributed by atoms with van der Waals surface area (Å²) in [5.41, 5.74) is 6.84. The molecule has 1 aliphatic heterocycles. The van der Waals surface area contributed by atoms with E-state index in [-0.39, 0.29) is 23.8 Å². The maximum Gasteiger partial charge on any atom is 0.361 e. The summed E-state index contributed by atoms with van der Waals surface area (Å²) in [7, 11) is 0.378. The van der Waals surface area contributed by atoms with Crippen molar-refractivity contribution in [1.29, 1.82) is 0 Å². The maximum absolute atomic E-state index is 13.4. The Morgan fingerprint density at radius 3 is 2.50 bits per heavy atom. The Morgan fingerprint density at radius 2 is 1.81 bits per heavy atom. The van der Waals surface area contributed by atoms with Gasteiger partial charge in [-0.3, -0.25) is 4.79 Å². The molecule has 0 radical (unpaired) electrons. The quantitative estimate of drug-likeness (QED) is 0.199. The average Bonchev–Trinajstić information content (AvgIpc) is 3.78.